The fourth-order valence-electron chi connectivity index (χ4n) is 2.79. The first-order valence-corrected chi connectivity index (χ1v) is 8.49. The zero-order valence-corrected chi connectivity index (χ0v) is 15.0. The third kappa shape index (κ3) is 4.91. The minimum Gasteiger partial charge on any atom is -0.406 e. The number of benzene rings is 2. The van der Waals surface area contributed by atoms with Gasteiger partial charge in [0.2, 0.25) is 5.95 Å². The van der Waals surface area contributed by atoms with Crippen molar-refractivity contribution in [3.8, 4) is 16.9 Å². The van der Waals surface area contributed by atoms with Gasteiger partial charge in [-0.2, -0.15) is 0 Å². The fourth-order valence-corrected chi connectivity index (χ4v) is 2.79. The van der Waals surface area contributed by atoms with Crippen LogP contribution in [0.15, 0.2) is 59.4 Å². The van der Waals surface area contributed by atoms with Crippen molar-refractivity contribution < 1.29 is 17.9 Å². The Bertz CT molecular complexity index is 1050. The van der Waals surface area contributed by atoms with Crippen molar-refractivity contribution in [2.75, 3.05) is 5.73 Å². The number of aromatic nitrogens is 2. The molecule has 1 aromatic heterocycles. The van der Waals surface area contributed by atoms with Crippen LogP contribution >= 0.6 is 0 Å². The van der Waals surface area contributed by atoms with E-state index in [1.165, 1.54) is 28.8 Å². The van der Waals surface area contributed by atoms with Crippen molar-refractivity contribution >= 4 is 5.95 Å². The van der Waals surface area contributed by atoms with Gasteiger partial charge in [-0.15, -0.1) is 13.2 Å². The first-order valence-electron chi connectivity index (χ1n) is 8.49. The lowest BCUT2D eigenvalue weighted by Gasteiger charge is -2.11. The van der Waals surface area contributed by atoms with Gasteiger partial charge < -0.3 is 10.5 Å². The molecule has 2 aromatic carbocycles. The molecule has 0 unspecified atom stereocenters. The quantitative estimate of drug-likeness (QED) is 0.722. The molecule has 0 saturated heterocycles. The zero-order valence-electron chi connectivity index (χ0n) is 15.0. The van der Waals surface area contributed by atoms with E-state index in [9.17, 15) is 18.0 Å². The molecular formula is C20H18F3N3O2. The molecule has 3 rings (SSSR count). The third-order valence-corrected chi connectivity index (χ3v) is 4.22. The van der Waals surface area contributed by atoms with Crippen LogP contribution in [0.25, 0.3) is 11.1 Å². The highest BCUT2D eigenvalue weighted by Gasteiger charge is 2.31. The molecule has 3 aromatic rings. The number of hydrogen-bond donors (Lipinski definition) is 1. The van der Waals surface area contributed by atoms with E-state index in [0.29, 0.717) is 24.1 Å². The molecule has 0 aliphatic carbocycles. The molecule has 0 saturated carbocycles. The second-order valence-electron chi connectivity index (χ2n) is 6.28. The zero-order chi connectivity index (χ0) is 20.3. The van der Waals surface area contributed by atoms with Crippen molar-refractivity contribution in [1.29, 1.82) is 0 Å². The van der Waals surface area contributed by atoms with Crippen LogP contribution in [0.2, 0.25) is 0 Å². The summed E-state index contributed by atoms with van der Waals surface area (Å²) in [5.41, 5.74) is 8.41. The summed E-state index contributed by atoms with van der Waals surface area (Å²) in [5.74, 6) is -0.118. The van der Waals surface area contributed by atoms with Crippen molar-refractivity contribution in [2.45, 2.75) is 19.2 Å². The van der Waals surface area contributed by atoms with Crippen LogP contribution in [0.1, 0.15) is 11.3 Å². The average molecular weight is 389 g/mol. The van der Waals surface area contributed by atoms with Gasteiger partial charge in [-0.3, -0.25) is 9.36 Å². The van der Waals surface area contributed by atoms with Gasteiger partial charge in [0.25, 0.3) is 5.56 Å². The Labute approximate surface area is 159 Å². The molecule has 0 aliphatic rings. The molecule has 0 spiro atoms. The van der Waals surface area contributed by atoms with E-state index in [4.69, 9.17) is 5.73 Å². The lowest BCUT2D eigenvalue weighted by atomic mass is 10.0. The van der Waals surface area contributed by atoms with Crippen LogP contribution in [0.4, 0.5) is 19.1 Å². The van der Waals surface area contributed by atoms with E-state index >= 15 is 0 Å². The molecule has 28 heavy (non-hydrogen) atoms. The van der Waals surface area contributed by atoms with E-state index in [1.807, 2.05) is 24.3 Å². The van der Waals surface area contributed by atoms with E-state index in [-0.39, 0.29) is 17.3 Å². The molecule has 0 bridgehead atoms. The van der Waals surface area contributed by atoms with Gasteiger partial charge in [-0.1, -0.05) is 36.4 Å². The SMILES string of the molecule is Cn1c(N)nc(CCc2cccc(-c3cccc(OC(F)(F)F)c3)c2)cc1=O. The number of rotatable bonds is 5. The third-order valence-electron chi connectivity index (χ3n) is 4.22. The van der Waals surface area contributed by atoms with E-state index in [2.05, 4.69) is 9.72 Å². The number of nitrogen functional groups attached to an aromatic ring is 1. The molecule has 0 aliphatic heterocycles. The van der Waals surface area contributed by atoms with Crippen molar-refractivity contribution in [3.63, 3.8) is 0 Å². The highest BCUT2D eigenvalue weighted by molar-refractivity contribution is 5.65. The molecular weight excluding hydrogens is 371 g/mol. The Morgan fingerprint density at radius 3 is 2.39 bits per heavy atom. The van der Waals surface area contributed by atoms with Gasteiger partial charge in [-0.25, -0.2) is 4.98 Å². The summed E-state index contributed by atoms with van der Waals surface area (Å²) in [6.07, 6.45) is -3.62. The summed E-state index contributed by atoms with van der Waals surface area (Å²) in [6, 6.07) is 14.7. The Hall–Kier alpha value is -3.29. The summed E-state index contributed by atoms with van der Waals surface area (Å²) in [6.45, 7) is 0. The van der Waals surface area contributed by atoms with Crippen molar-refractivity contribution in [3.05, 3.63) is 76.2 Å². The van der Waals surface area contributed by atoms with Crippen LogP contribution in [0, 0.1) is 0 Å². The highest BCUT2D eigenvalue weighted by Crippen LogP contribution is 2.28. The van der Waals surface area contributed by atoms with Gasteiger partial charge in [0.15, 0.2) is 0 Å². The average Bonchev–Trinajstić information content (AvgIpc) is 2.63. The lowest BCUT2D eigenvalue weighted by Crippen LogP contribution is -2.21. The summed E-state index contributed by atoms with van der Waals surface area (Å²) >= 11 is 0. The highest BCUT2D eigenvalue weighted by atomic mass is 19.4. The van der Waals surface area contributed by atoms with E-state index in [1.54, 1.807) is 13.1 Å². The molecule has 146 valence electrons. The molecule has 5 nitrogen and oxygen atoms in total. The first kappa shape index (κ1) is 19.5. The molecule has 8 heteroatoms. The molecule has 1 heterocycles. The number of anilines is 1. The van der Waals surface area contributed by atoms with Gasteiger partial charge in [0.1, 0.15) is 5.75 Å². The monoisotopic (exact) mass is 389 g/mol. The Morgan fingerprint density at radius 2 is 1.71 bits per heavy atom. The Kier molecular flexibility index (Phi) is 5.39. The number of hydrogen-bond acceptors (Lipinski definition) is 4. The van der Waals surface area contributed by atoms with Crippen LogP contribution in [-0.2, 0) is 19.9 Å². The molecule has 2 N–H and O–H groups in total. The van der Waals surface area contributed by atoms with Crippen LogP contribution in [0.5, 0.6) is 5.75 Å². The molecule has 0 atom stereocenters. The summed E-state index contributed by atoms with van der Waals surface area (Å²) in [7, 11) is 1.55. The largest absolute Gasteiger partial charge is 0.573 e. The lowest BCUT2D eigenvalue weighted by molar-refractivity contribution is -0.274. The van der Waals surface area contributed by atoms with Gasteiger partial charge in [0, 0.05) is 13.1 Å². The number of aryl methyl sites for hydroxylation is 2. The maximum absolute atomic E-state index is 12.4. The van der Waals surface area contributed by atoms with E-state index in [0.717, 1.165) is 11.1 Å². The summed E-state index contributed by atoms with van der Waals surface area (Å²) in [4.78, 5) is 16.0. The number of nitrogens with zero attached hydrogens (tertiary/aromatic N) is 2. The standard InChI is InChI=1S/C20H18F3N3O2/c1-26-18(27)12-16(25-19(26)24)9-8-13-4-2-5-14(10-13)15-6-3-7-17(11-15)28-20(21,22)23/h2-7,10-12H,8-9H2,1H3,(H2,24,25). The Morgan fingerprint density at radius 1 is 1.04 bits per heavy atom. The van der Waals surface area contributed by atoms with E-state index < -0.39 is 6.36 Å². The van der Waals surface area contributed by atoms with Gasteiger partial charge in [-0.05, 0) is 41.7 Å². The summed E-state index contributed by atoms with van der Waals surface area (Å²) in [5, 5.41) is 0. The molecule has 0 fully saturated rings. The van der Waals surface area contributed by atoms with Crippen LogP contribution in [0.3, 0.4) is 0 Å². The second kappa shape index (κ2) is 7.75. The number of halogens is 3. The Balaban J connectivity index is 1.78. The van der Waals surface area contributed by atoms with Gasteiger partial charge in [0.05, 0.1) is 5.69 Å². The maximum atomic E-state index is 12.4. The number of ether oxygens (including phenoxy) is 1. The maximum Gasteiger partial charge on any atom is 0.573 e. The number of alkyl halides is 3. The molecule has 0 amide bonds. The second-order valence-corrected chi connectivity index (χ2v) is 6.28. The normalized spacial score (nSPS) is 11.4. The predicted molar refractivity (Wildman–Crippen MR) is 99.9 cm³/mol. The van der Waals surface area contributed by atoms with Gasteiger partial charge >= 0.3 is 6.36 Å². The van der Waals surface area contributed by atoms with Crippen molar-refractivity contribution in [2.24, 2.45) is 7.05 Å². The predicted octanol–water partition coefficient (Wildman–Crippen LogP) is 3.71. The minimum atomic E-state index is -4.73. The summed E-state index contributed by atoms with van der Waals surface area (Å²) < 4.78 is 42.5. The fraction of sp³-hybridized carbons (Fsp3) is 0.200. The molecule has 0 radical (unpaired) electrons. The topological polar surface area (TPSA) is 70.1 Å². The smallest absolute Gasteiger partial charge is 0.406 e. The first-order chi connectivity index (χ1) is 13.2. The van der Waals surface area contributed by atoms with Crippen LogP contribution in [-0.4, -0.2) is 15.9 Å². The van der Waals surface area contributed by atoms with Crippen molar-refractivity contribution in [1.82, 2.24) is 9.55 Å². The number of nitrogens with two attached hydrogens (primary N) is 1. The minimum absolute atomic E-state index is 0.151. The van der Waals surface area contributed by atoms with Crippen LogP contribution < -0.4 is 16.0 Å².